The molecule has 14 heavy (non-hydrogen) atoms. The SMILES string of the molecule is COc1cc(S(=O)[O-])cnc1OC.[Li+]. The van der Waals surface area contributed by atoms with Crippen LogP contribution in [0.15, 0.2) is 17.2 Å². The van der Waals surface area contributed by atoms with Gasteiger partial charge >= 0.3 is 18.9 Å². The average Bonchev–Trinajstić information content (AvgIpc) is 2.16. The van der Waals surface area contributed by atoms with Crippen LogP contribution in [0.2, 0.25) is 0 Å². The van der Waals surface area contributed by atoms with Gasteiger partial charge in [-0.2, -0.15) is 0 Å². The van der Waals surface area contributed by atoms with Crippen molar-refractivity contribution in [2.75, 3.05) is 14.2 Å². The molecule has 1 unspecified atom stereocenters. The Morgan fingerprint density at radius 2 is 2.07 bits per heavy atom. The molecule has 1 atom stereocenters. The standard InChI is InChI=1S/C7H9NO4S.Li/c1-11-6-3-5(13(9)10)4-8-7(6)12-2;/h3-4H,1-2H3,(H,9,10);/q;+1/p-1. The molecule has 1 aromatic heterocycles. The van der Waals surface area contributed by atoms with E-state index in [0.29, 0.717) is 5.75 Å². The van der Waals surface area contributed by atoms with Gasteiger partial charge in [0.05, 0.1) is 14.2 Å². The maximum atomic E-state index is 10.5. The molecule has 0 aliphatic carbocycles. The maximum Gasteiger partial charge on any atom is 1.00 e. The predicted octanol–water partition coefficient (Wildman–Crippen LogP) is -2.66. The fourth-order valence-electron chi connectivity index (χ4n) is 0.805. The zero-order chi connectivity index (χ0) is 9.84. The minimum Gasteiger partial charge on any atom is -0.768 e. The molecule has 0 aromatic carbocycles. The smallest absolute Gasteiger partial charge is 0.768 e. The van der Waals surface area contributed by atoms with E-state index in [1.54, 1.807) is 0 Å². The maximum absolute atomic E-state index is 10.5. The van der Waals surface area contributed by atoms with Crippen molar-refractivity contribution in [3.05, 3.63) is 12.3 Å². The van der Waals surface area contributed by atoms with Gasteiger partial charge in [-0.3, -0.25) is 4.21 Å². The zero-order valence-electron chi connectivity index (χ0n) is 8.14. The van der Waals surface area contributed by atoms with E-state index >= 15 is 0 Å². The average molecular weight is 209 g/mol. The Morgan fingerprint density at radius 3 is 2.50 bits per heavy atom. The van der Waals surface area contributed by atoms with Crippen LogP contribution in [0.1, 0.15) is 0 Å². The molecule has 0 saturated heterocycles. The largest absolute Gasteiger partial charge is 1.00 e. The van der Waals surface area contributed by atoms with Crippen LogP contribution in [0.25, 0.3) is 0 Å². The third-order valence-electron chi connectivity index (χ3n) is 1.40. The van der Waals surface area contributed by atoms with Crippen LogP contribution in [-0.4, -0.2) is 28.0 Å². The molecule has 1 rings (SSSR count). The second-order valence-corrected chi connectivity index (χ2v) is 3.06. The summed E-state index contributed by atoms with van der Waals surface area (Å²) in [7, 11) is 2.84. The molecular formula is C7H8LiNO4S. The Hall–Kier alpha value is -0.543. The van der Waals surface area contributed by atoms with Crippen LogP contribution < -0.4 is 28.3 Å². The third kappa shape index (κ3) is 2.99. The molecule has 0 N–H and O–H groups in total. The Kier molecular flexibility index (Phi) is 5.80. The van der Waals surface area contributed by atoms with Crippen molar-refractivity contribution in [2.24, 2.45) is 0 Å². The van der Waals surface area contributed by atoms with E-state index in [2.05, 4.69) is 4.98 Å². The Bertz CT molecular complexity index is 333. The van der Waals surface area contributed by atoms with Crippen LogP contribution in [0.5, 0.6) is 11.6 Å². The van der Waals surface area contributed by atoms with E-state index < -0.39 is 11.1 Å². The van der Waals surface area contributed by atoms with Crippen LogP contribution in [-0.2, 0) is 11.1 Å². The van der Waals surface area contributed by atoms with E-state index in [9.17, 15) is 8.76 Å². The van der Waals surface area contributed by atoms with Crippen LogP contribution in [0.3, 0.4) is 0 Å². The molecular weight excluding hydrogens is 201 g/mol. The summed E-state index contributed by atoms with van der Waals surface area (Å²) >= 11 is -2.30. The summed E-state index contributed by atoms with van der Waals surface area (Å²) in [4.78, 5) is 3.82. The first-order valence-corrected chi connectivity index (χ1v) is 4.43. The van der Waals surface area contributed by atoms with Gasteiger partial charge < -0.3 is 14.0 Å². The minimum absolute atomic E-state index is 0. The second-order valence-electron chi connectivity index (χ2n) is 2.12. The fourth-order valence-corrected chi connectivity index (χ4v) is 1.15. The van der Waals surface area contributed by atoms with Crippen molar-refractivity contribution < 1.29 is 37.1 Å². The predicted molar refractivity (Wildman–Crippen MR) is 44.5 cm³/mol. The Balaban J connectivity index is 0.00000169. The van der Waals surface area contributed by atoms with Crippen molar-refractivity contribution in [3.63, 3.8) is 0 Å². The summed E-state index contributed by atoms with van der Waals surface area (Å²) in [6.45, 7) is 0. The van der Waals surface area contributed by atoms with Gasteiger partial charge in [0, 0.05) is 17.2 Å². The van der Waals surface area contributed by atoms with Gasteiger partial charge in [0.15, 0.2) is 5.75 Å². The second kappa shape index (κ2) is 6.04. The number of hydrogen-bond donors (Lipinski definition) is 0. The van der Waals surface area contributed by atoms with Crippen LogP contribution >= 0.6 is 0 Å². The number of pyridine rings is 1. The molecule has 0 saturated carbocycles. The van der Waals surface area contributed by atoms with Gasteiger partial charge in [-0.15, -0.1) is 0 Å². The van der Waals surface area contributed by atoms with E-state index in [1.807, 2.05) is 0 Å². The molecule has 0 amide bonds. The number of aromatic nitrogens is 1. The molecule has 0 bridgehead atoms. The first-order chi connectivity index (χ1) is 6.19. The number of ether oxygens (including phenoxy) is 2. The molecule has 1 heterocycles. The van der Waals surface area contributed by atoms with Crippen molar-refractivity contribution >= 4 is 11.1 Å². The molecule has 0 aliphatic heterocycles. The van der Waals surface area contributed by atoms with E-state index in [1.165, 1.54) is 26.5 Å². The zero-order valence-corrected chi connectivity index (χ0v) is 8.96. The van der Waals surface area contributed by atoms with Gasteiger partial charge in [0.1, 0.15) is 0 Å². The Labute approximate surface area is 96.3 Å². The van der Waals surface area contributed by atoms with Crippen molar-refractivity contribution in [1.29, 1.82) is 0 Å². The van der Waals surface area contributed by atoms with Gasteiger partial charge in [-0.25, -0.2) is 4.98 Å². The quantitative estimate of drug-likeness (QED) is 0.401. The third-order valence-corrected chi connectivity index (χ3v) is 2.01. The van der Waals surface area contributed by atoms with Gasteiger partial charge in [0.2, 0.25) is 0 Å². The normalized spacial score (nSPS) is 11.4. The van der Waals surface area contributed by atoms with Gasteiger partial charge in [-0.05, 0) is 11.1 Å². The van der Waals surface area contributed by atoms with Crippen molar-refractivity contribution in [1.82, 2.24) is 4.98 Å². The topological polar surface area (TPSA) is 71.5 Å². The van der Waals surface area contributed by atoms with E-state index in [-0.39, 0.29) is 29.6 Å². The molecule has 0 spiro atoms. The number of rotatable bonds is 3. The first-order valence-electron chi connectivity index (χ1n) is 3.36. The van der Waals surface area contributed by atoms with E-state index in [0.717, 1.165) is 0 Å². The van der Waals surface area contributed by atoms with Crippen molar-refractivity contribution in [3.8, 4) is 11.6 Å². The summed E-state index contributed by atoms with van der Waals surface area (Å²) in [5.41, 5.74) is 0. The summed E-state index contributed by atoms with van der Waals surface area (Å²) in [5, 5.41) is 0. The first kappa shape index (κ1) is 13.5. The Morgan fingerprint density at radius 1 is 1.43 bits per heavy atom. The summed E-state index contributed by atoms with van der Waals surface area (Å²) in [6, 6.07) is 1.34. The number of methoxy groups -OCH3 is 2. The molecule has 7 heteroatoms. The van der Waals surface area contributed by atoms with Gasteiger partial charge in [-0.1, -0.05) is 0 Å². The molecule has 0 radical (unpaired) electrons. The monoisotopic (exact) mass is 209 g/mol. The van der Waals surface area contributed by atoms with Crippen LogP contribution in [0, 0.1) is 0 Å². The number of hydrogen-bond acceptors (Lipinski definition) is 5. The fraction of sp³-hybridized carbons (Fsp3) is 0.286. The van der Waals surface area contributed by atoms with Crippen LogP contribution in [0.4, 0.5) is 0 Å². The van der Waals surface area contributed by atoms with Crippen molar-refractivity contribution in [2.45, 2.75) is 4.90 Å². The molecule has 0 aliphatic rings. The number of nitrogens with zero attached hydrogens (tertiary/aromatic N) is 1. The van der Waals surface area contributed by atoms with E-state index in [4.69, 9.17) is 9.47 Å². The van der Waals surface area contributed by atoms with Gasteiger partial charge in [0.25, 0.3) is 5.88 Å². The summed E-state index contributed by atoms with van der Waals surface area (Å²) in [5.74, 6) is 0.556. The minimum atomic E-state index is -2.30. The molecule has 5 nitrogen and oxygen atoms in total. The molecule has 0 fully saturated rings. The molecule has 72 valence electrons. The summed E-state index contributed by atoms with van der Waals surface area (Å²) in [6.07, 6.45) is 1.20. The molecule has 1 aromatic rings. The summed E-state index contributed by atoms with van der Waals surface area (Å²) < 4.78 is 30.8.